The van der Waals surface area contributed by atoms with Crippen molar-refractivity contribution in [3.8, 4) is 0 Å². The first-order valence-electron chi connectivity index (χ1n) is 5.68. The third kappa shape index (κ3) is 1.60. The number of benzene rings is 1. The summed E-state index contributed by atoms with van der Waals surface area (Å²) in [7, 11) is 1.80. The average Bonchev–Trinajstić information content (AvgIpc) is 2.96. The van der Waals surface area contributed by atoms with Gasteiger partial charge in [-0.2, -0.15) is 0 Å². The van der Waals surface area contributed by atoms with Crippen LogP contribution in [0.3, 0.4) is 0 Å². The van der Waals surface area contributed by atoms with Gasteiger partial charge in [-0.25, -0.2) is 0 Å². The predicted molar refractivity (Wildman–Crippen MR) is 67.5 cm³/mol. The zero-order chi connectivity index (χ0) is 12.5. The number of H-pyrrole nitrogens is 1. The molecule has 0 saturated heterocycles. The number of fused-ring (bicyclic) bond motifs is 1. The second-order valence-electron chi connectivity index (χ2n) is 4.20. The fourth-order valence-electron chi connectivity index (χ4n) is 2.15. The van der Waals surface area contributed by atoms with Crippen LogP contribution >= 0.6 is 0 Å². The lowest BCUT2D eigenvalue weighted by atomic mass is 10.1. The molecule has 0 saturated carbocycles. The van der Waals surface area contributed by atoms with Gasteiger partial charge in [-0.05, 0) is 11.6 Å². The fourth-order valence-corrected chi connectivity index (χ4v) is 2.15. The number of para-hydroxylation sites is 1. The summed E-state index contributed by atoms with van der Waals surface area (Å²) in [5.41, 5.74) is 3.46. The molecule has 0 aliphatic carbocycles. The van der Waals surface area contributed by atoms with E-state index in [0.717, 1.165) is 28.4 Å². The van der Waals surface area contributed by atoms with Crippen LogP contribution in [0.5, 0.6) is 0 Å². The molecule has 2 heterocycles. The topological polar surface area (TPSA) is 63.6 Å². The van der Waals surface area contributed by atoms with Crippen LogP contribution in [0.2, 0.25) is 0 Å². The molecule has 0 bridgehead atoms. The van der Waals surface area contributed by atoms with Crippen molar-refractivity contribution >= 4 is 17.2 Å². The first-order valence-corrected chi connectivity index (χ1v) is 5.68. The number of aromatic nitrogens is 4. The van der Waals surface area contributed by atoms with Crippen molar-refractivity contribution in [2.24, 2.45) is 7.05 Å². The summed E-state index contributed by atoms with van der Waals surface area (Å²) in [5.74, 6) is 0. The Hall–Kier alpha value is -2.43. The van der Waals surface area contributed by atoms with Crippen molar-refractivity contribution in [1.29, 1.82) is 0 Å². The highest BCUT2D eigenvalue weighted by Gasteiger charge is 2.12. The smallest absolute Gasteiger partial charge is 0.172 e. The van der Waals surface area contributed by atoms with E-state index in [0.29, 0.717) is 12.1 Å². The normalized spacial score (nSPS) is 10.9. The van der Waals surface area contributed by atoms with Gasteiger partial charge in [0.15, 0.2) is 6.29 Å². The van der Waals surface area contributed by atoms with Gasteiger partial charge in [-0.1, -0.05) is 23.4 Å². The Morgan fingerprint density at radius 2 is 2.22 bits per heavy atom. The molecule has 2 aromatic heterocycles. The van der Waals surface area contributed by atoms with Gasteiger partial charge < -0.3 is 4.98 Å². The number of nitrogens with zero attached hydrogens (tertiary/aromatic N) is 3. The van der Waals surface area contributed by atoms with E-state index in [4.69, 9.17) is 0 Å². The quantitative estimate of drug-likeness (QED) is 0.709. The standard InChI is InChI=1S/C13H12N4O/c1-17-13(12(8-18)15-16-17)6-9-7-14-11-5-3-2-4-10(9)11/h2-5,7-8,14H,6H2,1H3. The van der Waals surface area contributed by atoms with E-state index in [1.165, 1.54) is 0 Å². The Morgan fingerprint density at radius 3 is 3.06 bits per heavy atom. The lowest BCUT2D eigenvalue weighted by Gasteiger charge is -2.00. The molecule has 0 unspecified atom stereocenters. The number of aromatic amines is 1. The van der Waals surface area contributed by atoms with E-state index in [2.05, 4.69) is 21.4 Å². The van der Waals surface area contributed by atoms with E-state index in [1.54, 1.807) is 11.7 Å². The van der Waals surface area contributed by atoms with Crippen molar-refractivity contribution in [2.45, 2.75) is 6.42 Å². The molecule has 0 radical (unpaired) electrons. The molecule has 0 fully saturated rings. The summed E-state index contributed by atoms with van der Waals surface area (Å²) in [6, 6.07) is 8.08. The molecule has 0 spiro atoms. The summed E-state index contributed by atoms with van der Waals surface area (Å²) < 4.78 is 1.64. The van der Waals surface area contributed by atoms with Gasteiger partial charge in [0.25, 0.3) is 0 Å². The maximum atomic E-state index is 10.9. The summed E-state index contributed by atoms with van der Waals surface area (Å²) in [4.78, 5) is 14.1. The minimum Gasteiger partial charge on any atom is -0.361 e. The van der Waals surface area contributed by atoms with E-state index in [-0.39, 0.29) is 0 Å². The maximum Gasteiger partial charge on any atom is 0.172 e. The van der Waals surface area contributed by atoms with Gasteiger partial charge in [0.1, 0.15) is 5.69 Å². The van der Waals surface area contributed by atoms with Crippen molar-refractivity contribution in [3.63, 3.8) is 0 Å². The number of aryl methyl sites for hydroxylation is 1. The zero-order valence-corrected chi connectivity index (χ0v) is 9.92. The lowest BCUT2D eigenvalue weighted by Crippen LogP contribution is -2.01. The Bertz CT molecular complexity index is 711. The Labute approximate surface area is 103 Å². The van der Waals surface area contributed by atoms with Crippen LogP contribution in [0.4, 0.5) is 0 Å². The van der Waals surface area contributed by atoms with Gasteiger partial charge in [0.05, 0.1) is 5.69 Å². The zero-order valence-electron chi connectivity index (χ0n) is 9.92. The first kappa shape index (κ1) is 10.7. The SMILES string of the molecule is Cn1nnc(C=O)c1Cc1c[nH]c2ccccc12. The van der Waals surface area contributed by atoms with Crippen molar-refractivity contribution in [1.82, 2.24) is 20.0 Å². The molecular weight excluding hydrogens is 228 g/mol. The third-order valence-corrected chi connectivity index (χ3v) is 3.12. The number of nitrogens with one attached hydrogen (secondary N) is 1. The number of carbonyl (C=O) groups excluding carboxylic acids is 1. The van der Waals surface area contributed by atoms with E-state index in [9.17, 15) is 4.79 Å². The predicted octanol–water partition coefficient (Wildman–Crippen LogP) is 1.70. The summed E-state index contributed by atoms with van der Waals surface area (Å²) in [6.07, 6.45) is 3.35. The monoisotopic (exact) mass is 240 g/mol. The highest BCUT2D eigenvalue weighted by atomic mass is 16.1. The van der Waals surface area contributed by atoms with Crippen LogP contribution in [-0.2, 0) is 13.5 Å². The minimum absolute atomic E-state index is 0.405. The molecule has 3 rings (SSSR count). The number of rotatable bonds is 3. The first-order chi connectivity index (χ1) is 8.79. The molecule has 0 aliphatic heterocycles. The third-order valence-electron chi connectivity index (χ3n) is 3.12. The van der Waals surface area contributed by atoms with Crippen molar-refractivity contribution in [3.05, 3.63) is 47.4 Å². The highest BCUT2D eigenvalue weighted by Crippen LogP contribution is 2.21. The van der Waals surface area contributed by atoms with Gasteiger partial charge in [0, 0.05) is 30.6 Å². The van der Waals surface area contributed by atoms with Crippen molar-refractivity contribution in [2.75, 3.05) is 0 Å². The minimum atomic E-state index is 0.405. The van der Waals surface area contributed by atoms with Crippen LogP contribution in [0.15, 0.2) is 30.5 Å². The largest absolute Gasteiger partial charge is 0.361 e. The summed E-state index contributed by atoms with van der Waals surface area (Å²) in [5, 5.41) is 8.87. The lowest BCUT2D eigenvalue weighted by molar-refractivity contribution is 0.111. The van der Waals surface area contributed by atoms with Crippen LogP contribution in [0.1, 0.15) is 21.7 Å². The average molecular weight is 240 g/mol. The van der Waals surface area contributed by atoms with Crippen molar-refractivity contribution < 1.29 is 4.79 Å². The summed E-state index contributed by atoms with van der Waals surface area (Å²) >= 11 is 0. The van der Waals surface area contributed by atoms with E-state index in [1.807, 2.05) is 24.4 Å². The Morgan fingerprint density at radius 1 is 1.39 bits per heavy atom. The second-order valence-corrected chi connectivity index (χ2v) is 4.20. The molecule has 0 amide bonds. The van der Waals surface area contributed by atoms with E-state index < -0.39 is 0 Å². The molecule has 5 heteroatoms. The number of aldehydes is 1. The van der Waals surface area contributed by atoms with Crippen LogP contribution in [0.25, 0.3) is 10.9 Å². The molecule has 90 valence electrons. The summed E-state index contributed by atoms with van der Waals surface area (Å²) in [6.45, 7) is 0. The molecule has 18 heavy (non-hydrogen) atoms. The molecule has 1 aromatic carbocycles. The second kappa shape index (κ2) is 4.10. The molecule has 0 aliphatic rings. The van der Waals surface area contributed by atoms with Gasteiger partial charge >= 0.3 is 0 Å². The molecule has 1 N–H and O–H groups in total. The number of carbonyl (C=O) groups is 1. The highest BCUT2D eigenvalue weighted by molar-refractivity contribution is 5.83. The van der Waals surface area contributed by atoms with E-state index >= 15 is 0 Å². The molecule has 0 atom stereocenters. The van der Waals surface area contributed by atoms with Crippen LogP contribution in [0, 0.1) is 0 Å². The number of hydrogen-bond acceptors (Lipinski definition) is 3. The van der Waals surface area contributed by atoms with Crippen LogP contribution < -0.4 is 0 Å². The fraction of sp³-hybridized carbons (Fsp3) is 0.154. The van der Waals surface area contributed by atoms with Gasteiger partial charge in [-0.15, -0.1) is 5.10 Å². The molecule has 5 nitrogen and oxygen atoms in total. The number of hydrogen-bond donors (Lipinski definition) is 1. The van der Waals surface area contributed by atoms with Crippen LogP contribution in [-0.4, -0.2) is 26.3 Å². The molecule has 3 aromatic rings. The van der Waals surface area contributed by atoms with Gasteiger partial charge in [0.2, 0.25) is 0 Å². The van der Waals surface area contributed by atoms with Gasteiger partial charge in [-0.3, -0.25) is 9.48 Å². The Kier molecular flexibility index (Phi) is 2.44. The Balaban J connectivity index is 2.06. The molecular formula is C13H12N4O. The maximum absolute atomic E-state index is 10.9.